The maximum absolute atomic E-state index is 3.76. The fourth-order valence-electron chi connectivity index (χ4n) is 3.37. The third-order valence-electron chi connectivity index (χ3n) is 4.71. The molecular formula is C13H27N3. The molecule has 2 unspecified atom stereocenters. The molecule has 0 radical (unpaired) electrons. The second-order valence-corrected chi connectivity index (χ2v) is 5.68. The lowest BCUT2D eigenvalue weighted by Gasteiger charge is -2.43. The van der Waals surface area contributed by atoms with Crippen molar-refractivity contribution >= 4 is 0 Å². The largest absolute Gasteiger partial charge is 0.312 e. The Morgan fingerprint density at radius 3 is 2.69 bits per heavy atom. The number of nitrogens with zero attached hydrogens (tertiary/aromatic N) is 2. The van der Waals surface area contributed by atoms with Gasteiger partial charge in [-0.1, -0.05) is 13.8 Å². The smallest absolute Gasteiger partial charge is 0.0351 e. The fourth-order valence-corrected chi connectivity index (χ4v) is 3.37. The number of fused-ring (bicyclic) bond motifs is 1. The molecule has 94 valence electrons. The minimum absolute atomic E-state index is 0.700. The van der Waals surface area contributed by atoms with Crippen LogP contribution in [0.1, 0.15) is 27.2 Å². The summed E-state index contributed by atoms with van der Waals surface area (Å²) in [5, 5.41) is 3.76. The molecule has 0 aromatic heterocycles. The van der Waals surface area contributed by atoms with E-state index in [1.54, 1.807) is 0 Å². The van der Waals surface area contributed by atoms with E-state index >= 15 is 0 Å². The highest BCUT2D eigenvalue weighted by atomic mass is 15.3. The summed E-state index contributed by atoms with van der Waals surface area (Å²) in [7, 11) is 2.24. The summed E-state index contributed by atoms with van der Waals surface area (Å²) >= 11 is 0. The molecule has 2 fully saturated rings. The van der Waals surface area contributed by atoms with Crippen LogP contribution < -0.4 is 5.32 Å². The molecule has 2 aliphatic rings. The van der Waals surface area contributed by atoms with E-state index in [0.717, 1.165) is 18.5 Å². The summed E-state index contributed by atoms with van der Waals surface area (Å²) in [5.74, 6) is 0.762. The first kappa shape index (κ1) is 12.3. The van der Waals surface area contributed by atoms with Gasteiger partial charge in [-0.2, -0.15) is 0 Å². The van der Waals surface area contributed by atoms with Crippen LogP contribution in [0.15, 0.2) is 0 Å². The first-order valence-electron chi connectivity index (χ1n) is 6.81. The number of hydrogen-bond acceptors (Lipinski definition) is 3. The van der Waals surface area contributed by atoms with E-state index in [1.165, 1.54) is 26.1 Å². The van der Waals surface area contributed by atoms with Crippen LogP contribution in [-0.2, 0) is 0 Å². The molecule has 2 heterocycles. The average Bonchev–Trinajstić information content (AvgIpc) is 2.38. The summed E-state index contributed by atoms with van der Waals surface area (Å²) in [6.07, 6.45) is 1.25. The molecule has 2 rings (SSSR count). The number of nitrogens with one attached hydrogen (secondary N) is 1. The predicted octanol–water partition coefficient (Wildman–Crippen LogP) is 1.01. The lowest BCUT2D eigenvalue weighted by atomic mass is 9.92. The predicted molar refractivity (Wildman–Crippen MR) is 68.7 cm³/mol. The number of piperazine rings is 1. The van der Waals surface area contributed by atoms with Gasteiger partial charge in [0.1, 0.15) is 0 Å². The SMILES string of the molecule is CCC1NCC2CN(C)CCN2[C@@H](C)[C@@H]1C. The molecule has 16 heavy (non-hydrogen) atoms. The second-order valence-electron chi connectivity index (χ2n) is 5.68. The Balaban J connectivity index is 2.10. The average molecular weight is 225 g/mol. The van der Waals surface area contributed by atoms with Crippen LogP contribution in [0.4, 0.5) is 0 Å². The van der Waals surface area contributed by atoms with E-state index < -0.39 is 0 Å². The Bertz CT molecular complexity index is 229. The maximum Gasteiger partial charge on any atom is 0.0351 e. The van der Waals surface area contributed by atoms with Crippen molar-refractivity contribution in [3.05, 3.63) is 0 Å². The Morgan fingerprint density at radius 2 is 2.00 bits per heavy atom. The fraction of sp³-hybridized carbons (Fsp3) is 1.00. The van der Waals surface area contributed by atoms with E-state index in [0.29, 0.717) is 12.1 Å². The van der Waals surface area contributed by atoms with Gasteiger partial charge in [-0.05, 0) is 26.3 Å². The highest BCUT2D eigenvalue weighted by Gasteiger charge is 2.36. The van der Waals surface area contributed by atoms with Crippen molar-refractivity contribution in [2.24, 2.45) is 5.92 Å². The van der Waals surface area contributed by atoms with Gasteiger partial charge in [-0.3, -0.25) is 4.90 Å². The number of rotatable bonds is 1. The van der Waals surface area contributed by atoms with Gasteiger partial charge >= 0.3 is 0 Å². The van der Waals surface area contributed by atoms with Crippen LogP contribution in [-0.4, -0.2) is 61.2 Å². The number of likely N-dealkylation sites (N-methyl/N-ethyl adjacent to an activating group) is 1. The van der Waals surface area contributed by atoms with Gasteiger partial charge < -0.3 is 10.2 Å². The Kier molecular flexibility index (Phi) is 3.88. The van der Waals surface area contributed by atoms with Gasteiger partial charge in [-0.15, -0.1) is 0 Å². The van der Waals surface area contributed by atoms with E-state index in [4.69, 9.17) is 0 Å². The van der Waals surface area contributed by atoms with Gasteiger partial charge in [0.05, 0.1) is 0 Å². The van der Waals surface area contributed by atoms with Crippen molar-refractivity contribution < 1.29 is 0 Å². The van der Waals surface area contributed by atoms with Crippen LogP contribution in [0.25, 0.3) is 0 Å². The summed E-state index contributed by atoms with van der Waals surface area (Å²) in [6, 6.07) is 2.14. The van der Waals surface area contributed by atoms with E-state index in [-0.39, 0.29) is 0 Å². The minimum Gasteiger partial charge on any atom is -0.312 e. The van der Waals surface area contributed by atoms with E-state index in [9.17, 15) is 0 Å². The van der Waals surface area contributed by atoms with Gasteiger partial charge in [-0.25, -0.2) is 0 Å². The van der Waals surface area contributed by atoms with E-state index in [2.05, 4.69) is 42.9 Å². The van der Waals surface area contributed by atoms with Gasteiger partial charge in [0.15, 0.2) is 0 Å². The Labute approximate surface area is 100 Å². The minimum atomic E-state index is 0.700. The van der Waals surface area contributed by atoms with Crippen LogP contribution in [0.2, 0.25) is 0 Å². The van der Waals surface area contributed by atoms with Crippen molar-refractivity contribution in [1.29, 1.82) is 0 Å². The Hall–Kier alpha value is -0.120. The van der Waals surface area contributed by atoms with Crippen molar-refractivity contribution in [3.8, 4) is 0 Å². The molecule has 4 atom stereocenters. The van der Waals surface area contributed by atoms with Crippen LogP contribution in [0.3, 0.4) is 0 Å². The standard InChI is InChI=1S/C13H27N3/c1-5-13-10(2)11(3)16-7-6-15(4)9-12(16)8-14-13/h10-14H,5-9H2,1-4H3/t10-,11-,12?,13?/m0/s1. The van der Waals surface area contributed by atoms with Gasteiger partial charge in [0.25, 0.3) is 0 Å². The van der Waals surface area contributed by atoms with Crippen molar-refractivity contribution in [3.63, 3.8) is 0 Å². The molecule has 0 aliphatic carbocycles. The first-order valence-corrected chi connectivity index (χ1v) is 6.81. The summed E-state index contributed by atoms with van der Waals surface area (Å²) < 4.78 is 0. The van der Waals surface area contributed by atoms with Crippen LogP contribution in [0.5, 0.6) is 0 Å². The third kappa shape index (κ3) is 2.27. The zero-order valence-electron chi connectivity index (χ0n) is 11.2. The second kappa shape index (κ2) is 5.03. The lowest BCUT2D eigenvalue weighted by molar-refractivity contribution is 0.0519. The summed E-state index contributed by atoms with van der Waals surface area (Å²) in [5.41, 5.74) is 0. The molecule has 0 saturated carbocycles. The molecule has 2 aliphatic heterocycles. The lowest BCUT2D eigenvalue weighted by Crippen LogP contribution is -2.56. The molecular weight excluding hydrogens is 198 g/mol. The van der Waals surface area contributed by atoms with Gasteiger partial charge in [0.2, 0.25) is 0 Å². The molecule has 0 amide bonds. The normalized spacial score (nSPS) is 42.8. The number of hydrogen-bond donors (Lipinski definition) is 1. The molecule has 0 spiro atoms. The zero-order chi connectivity index (χ0) is 11.7. The molecule has 0 aromatic carbocycles. The monoisotopic (exact) mass is 225 g/mol. The molecule has 0 bridgehead atoms. The quantitative estimate of drug-likeness (QED) is 0.718. The first-order chi connectivity index (χ1) is 7.63. The Morgan fingerprint density at radius 1 is 1.25 bits per heavy atom. The molecule has 2 saturated heterocycles. The van der Waals surface area contributed by atoms with Gasteiger partial charge in [0, 0.05) is 44.3 Å². The molecule has 0 aromatic rings. The maximum atomic E-state index is 3.76. The van der Waals surface area contributed by atoms with Crippen molar-refractivity contribution in [2.75, 3.05) is 33.2 Å². The summed E-state index contributed by atoms with van der Waals surface area (Å²) in [6.45, 7) is 12.0. The van der Waals surface area contributed by atoms with E-state index in [1.807, 2.05) is 0 Å². The van der Waals surface area contributed by atoms with Crippen molar-refractivity contribution in [2.45, 2.75) is 45.3 Å². The zero-order valence-corrected chi connectivity index (χ0v) is 11.2. The third-order valence-corrected chi connectivity index (χ3v) is 4.71. The van der Waals surface area contributed by atoms with Crippen LogP contribution in [0, 0.1) is 5.92 Å². The highest BCUT2D eigenvalue weighted by Crippen LogP contribution is 2.24. The van der Waals surface area contributed by atoms with Crippen molar-refractivity contribution in [1.82, 2.24) is 15.1 Å². The topological polar surface area (TPSA) is 18.5 Å². The molecule has 3 nitrogen and oxygen atoms in total. The molecule has 3 heteroatoms. The molecule has 1 N–H and O–H groups in total. The summed E-state index contributed by atoms with van der Waals surface area (Å²) in [4.78, 5) is 5.19. The van der Waals surface area contributed by atoms with Crippen LogP contribution >= 0.6 is 0 Å². The highest BCUT2D eigenvalue weighted by molar-refractivity contribution is 4.94.